The van der Waals surface area contributed by atoms with Gasteiger partial charge in [-0.15, -0.1) is 0 Å². The van der Waals surface area contributed by atoms with Crippen molar-refractivity contribution in [3.63, 3.8) is 0 Å². The molecule has 0 unspecified atom stereocenters. The number of nitrogens with two attached hydrogens (primary N) is 1. The van der Waals surface area contributed by atoms with Crippen molar-refractivity contribution >= 4 is 23.6 Å². The summed E-state index contributed by atoms with van der Waals surface area (Å²) in [7, 11) is 0. The smallest absolute Gasteiger partial charge is 0.209 e. The first kappa shape index (κ1) is 28.3. The number of quaternary nitrogens is 1. The van der Waals surface area contributed by atoms with E-state index in [2.05, 4.69) is 95.0 Å². The van der Waals surface area contributed by atoms with Gasteiger partial charge >= 0.3 is 0 Å². The highest BCUT2D eigenvalue weighted by atomic mass is 14.9. The predicted octanol–water partition coefficient (Wildman–Crippen LogP) is 4.61. The standard InChI is InChI=1S/C36H46N4/c1-9-21-22(10-2)30-18-32-25(13-5)26(14-6)34(39-32)20-36-28(16-8)27(15-7)35(40-36)19-33-24(12-4)23(11-3)31(38-33)17-29(21)37-30/h17-20,37-38H,9-16H2,1-8H3/p+2. The van der Waals surface area contributed by atoms with Crippen LogP contribution in [0.5, 0.6) is 0 Å². The van der Waals surface area contributed by atoms with Gasteiger partial charge in [0.1, 0.15) is 11.4 Å². The first-order valence-electron chi connectivity index (χ1n) is 15.8. The van der Waals surface area contributed by atoms with E-state index >= 15 is 0 Å². The number of aromatic amines is 1. The van der Waals surface area contributed by atoms with E-state index in [0.717, 1.165) is 62.8 Å². The van der Waals surface area contributed by atoms with Crippen LogP contribution in [-0.2, 0) is 12.8 Å². The Bertz CT molecular complexity index is 1620. The van der Waals surface area contributed by atoms with Gasteiger partial charge in [-0.2, -0.15) is 0 Å². The fourth-order valence-electron chi connectivity index (χ4n) is 7.32. The highest BCUT2D eigenvalue weighted by Crippen LogP contribution is 2.34. The maximum atomic E-state index is 5.32. The maximum absolute atomic E-state index is 5.32. The lowest BCUT2D eigenvalue weighted by atomic mass is 9.95. The van der Waals surface area contributed by atoms with Crippen molar-refractivity contribution in [2.75, 3.05) is 0 Å². The Morgan fingerprint density at radius 3 is 1.68 bits per heavy atom. The van der Waals surface area contributed by atoms with Crippen molar-refractivity contribution in [1.29, 1.82) is 0 Å². The summed E-state index contributed by atoms with van der Waals surface area (Å²) >= 11 is 0. The van der Waals surface area contributed by atoms with E-state index in [0.29, 0.717) is 0 Å². The van der Waals surface area contributed by atoms with E-state index in [1.165, 1.54) is 78.1 Å². The van der Waals surface area contributed by atoms with Crippen LogP contribution >= 0.6 is 0 Å². The molecule has 0 saturated carbocycles. The summed E-state index contributed by atoms with van der Waals surface area (Å²) in [5.74, 6) is 0. The fourth-order valence-corrected chi connectivity index (χ4v) is 7.32. The van der Waals surface area contributed by atoms with Crippen LogP contribution in [0.1, 0.15) is 105 Å². The molecule has 5 heterocycles. The van der Waals surface area contributed by atoms with Gasteiger partial charge in [0.15, 0.2) is 0 Å². The van der Waals surface area contributed by atoms with E-state index in [1.54, 1.807) is 0 Å². The van der Waals surface area contributed by atoms with Gasteiger partial charge in [0, 0.05) is 57.3 Å². The summed E-state index contributed by atoms with van der Waals surface area (Å²) < 4.78 is 0. The van der Waals surface area contributed by atoms with Crippen LogP contribution in [-0.4, -0.2) is 16.4 Å². The third-order valence-electron chi connectivity index (χ3n) is 9.15. The average molecular weight is 537 g/mol. The monoisotopic (exact) mass is 536 g/mol. The number of H-pyrrole nitrogens is 1. The maximum Gasteiger partial charge on any atom is 0.209 e. The molecule has 0 saturated heterocycles. The lowest BCUT2D eigenvalue weighted by molar-refractivity contribution is -0.539. The molecule has 1 aromatic rings. The summed E-state index contributed by atoms with van der Waals surface area (Å²) in [4.78, 5) is 13.1. The fraction of sp³-hybridized carbons (Fsp3) is 0.444. The second-order valence-corrected chi connectivity index (χ2v) is 11.1. The molecule has 8 bridgehead atoms. The third kappa shape index (κ3) is 4.60. The second kappa shape index (κ2) is 11.7. The molecule has 4 heteroatoms. The molecule has 1 aromatic heterocycles. The van der Waals surface area contributed by atoms with Crippen LogP contribution in [0.25, 0.3) is 12.2 Å². The van der Waals surface area contributed by atoms with Gasteiger partial charge in [-0.25, -0.2) is 9.98 Å². The van der Waals surface area contributed by atoms with Crippen molar-refractivity contribution in [2.24, 2.45) is 4.99 Å². The molecular formula is C36H48N4+2. The van der Waals surface area contributed by atoms with E-state index in [9.17, 15) is 0 Å². The number of aromatic nitrogens is 1. The Kier molecular flexibility index (Phi) is 8.28. The quantitative estimate of drug-likeness (QED) is 0.435. The van der Waals surface area contributed by atoms with Gasteiger partial charge in [-0.3, -0.25) is 5.32 Å². The van der Waals surface area contributed by atoms with Gasteiger partial charge < -0.3 is 4.98 Å². The number of allylic oxidation sites excluding steroid dienone is 9. The lowest BCUT2D eigenvalue weighted by Gasteiger charge is -2.05. The van der Waals surface area contributed by atoms with Crippen molar-refractivity contribution in [1.82, 2.24) is 4.98 Å². The summed E-state index contributed by atoms with van der Waals surface area (Å²) in [6.45, 7) is 18.3. The zero-order valence-electron chi connectivity index (χ0n) is 26.0. The predicted molar refractivity (Wildman–Crippen MR) is 169 cm³/mol. The molecule has 5 rings (SSSR count). The molecule has 0 aromatic carbocycles. The molecule has 0 amide bonds. The molecule has 0 atom stereocenters. The molecular weight excluding hydrogens is 488 g/mol. The molecule has 4 aliphatic heterocycles. The van der Waals surface area contributed by atoms with Gasteiger partial charge in [0.25, 0.3) is 0 Å². The van der Waals surface area contributed by atoms with Gasteiger partial charge in [0.2, 0.25) is 11.4 Å². The van der Waals surface area contributed by atoms with Crippen LogP contribution in [0.15, 0.2) is 73.4 Å². The van der Waals surface area contributed by atoms with Crippen LogP contribution < -0.4 is 21.0 Å². The molecule has 4 N–H and O–H groups in total. The molecule has 0 spiro atoms. The van der Waals surface area contributed by atoms with Crippen LogP contribution in [0.4, 0.5) is 0 Å². The topological polar surface area (TPSA) is 58.7 Å². The van der Waals surface area contributed by atoms with E-state index in [-0.39, 0.29) is 0 Å². The Hall–Kier alpha value is -3.24. The number of aliphatic imine (C=N–C) groups is 1. The summed E-state index contributed by atoms with van der Waals surface area (Å²) in [6, 6.07) is 0. The van der Waals surface area contributed by atoms with E-state index in [4.69, 9.17) is 4.99 Å². The Morgan fingerprint density at radius 2 is 1.12 bits per heavy atom. The number of rotatable bonds is 8. The molecule has 0 radical (unpaired) electrons. The van der Waals surface area contributed by atoms with E-state index < -0.39 is 0 Å². The zero-order valence-corrected chi connectivity index (χ0v) is 26.0. The minimum absolute atomic E-state index is 0.989. The summed E-state index contributed by atoms with van der Waals surface area (Å²) in [5, 5.41) is 4.92. The first-order chi connectivity index (χ1) is 19.5. The molecule has 0 aliphatic carbocycles. The number of nitrogens with zero attached hydrogens (tertiary/aromatic N) is 1. The van der Waals surface area contributed by atoms with Gasteiger partial charge in [-0.1, -0.05) is 55.4 Å². The van der Waals surface area contributed by atoms with Crippen molar-refractivity contribution < 1.29 is 10.3 Å². The van der Waals surface area contributed by atoms with Crippen molar-refractivity contribution in [3.05, 3.63) is 90.2 Å². The number of hydrogen-bond acceptors (Lipinski definition) is 1. The normalized spacial score (nSPS) is 18.8. The minimum Gasteiger partial charge on any atom is -0.355 e. The lowest BCUT2D eigenvalue weighted by Crippen LogP contribution is -2.78. The minimum atomic E-state index is 0.989. The van der Waals surface area contributed by atoms with Gasteiger partial charge in [0.05, 0.1) is 11.4 Å². The number of hydrogen-bond donors (Lipinski definition) is 3. The summed E-state index contributed by atoms with van der Waals surface area (Å²) in [5.41, 5.74) is 18.8. The van der Waals surface area contributed by atoms with Crippen molar-refractivity contribution in [2.45, 2.75) is 107 Å². The third-order valence-corrected chi connectivity index (χ3v) is 9.15. The average Bonchev–Trinajstić information content (AvgIpc) is 3.67. The SMILES string of the molecule is CCC1=C2C=C3N=C(C=C4[NH+]=C(C=c5[nH]c(c(CC)c5CC)=CC(=C1CC)[NH2+]2)C(CC)=C4CC)C(CC)=C3CC. The summed E-state index contributed by atoms with van der Waals surface area (Å²) in [6.07, 6.45) is 17.6. The molecule has 210 valence electrons. The van der Waals surface area contributed by atoms with Crippen LogP contribution in [0.2, 0.25) is 0 Å². The molecule has 40 heavy (non-hydrogen) atoms. The zero-order chi connectivity index (χ0) is 28.6. The molecule has 4 aliphatic rings. The van der Waals surface area contributed by atoms with E-state index in [1.807, 2.05) is 0 Å². The Balaban J connectivity index is 1.89. The Labute approximate surface area is 240 Å². The van der Waals surface area contributed by atoms with Crippen LogP contribution in [0, 0.1) is 0 Å². The highest BCUT2D eigenvalue weighted by Gasteiger charge is 2.31. The molecule has 0 fully saturated rings. The van der Waals surface area contributed by atoms with Gasteiger partial charge in [-0.05, 0) is 73.6 Å². The number of fused-ring (bicyclic) bond motifs is 6. The number of nitrogens with one attached hydrogen (secondary N) is 2. The highest BCUT2D eigenvalue weighted by molar-refractivity contribution is 6.19. The van der Waals surface area contributed by atoms with Crippen LogP contribution in [0.3, 0.4) is 0 Å². The molecule has 4 nitrogen and oxygen atoms in total. The van der Waals surface area contributed by atoms with Crippen molar-refractivity contribution in [3.8, 4) is 0 Å². The first-order valence-corrected chi connectivity index (χ1v) is 15.8. The largest absolute Gasteiger partial charge is 0.355 e. The Morgan fingerprint density at radius 1 is 0.575 bits per heavy atom. The second-order valence-electron chi connectivity index (χ2n) is 11.1.